The first kappa shape index (κ1) is 19.6. The van der Waals surface area contributed by atoms with Crippen LogP contribution in [0, 0.1) is 11.3 Å². The smallest absolute Gasteiger partial charge is 0.228 e. The van der Waals surface area contributed by atoms with E-state index in [2.05, 4.69) is 28.5 Å². The van der Waals surface area contributed by atoms with Gasteiger partial charge in [0, 0.05) is 37.9 Å². The second-order valence-electron chi connectivity index (χ2n) is 8.39. The number of carbonyl (C=O) groups excluding carboxylic acids is 2. The number of carbonyl (C=O) groups is 2. The van der Waals surface area contributed by atoms with Gasteiger partial charge in [-0.15, -0.1) is 0 Å². The molecule has 1 saturated carbocycles. The quantitative estimate of drug-likeness (QED) is 0.820. The summed E-state index contributed by atoms with van der Waals surface area (Å²) in [5.74, 6) is 0.501. The molecule has 1 atom stereocenters. The monoisotopic (exact) mass is 391 g/mol. The fraction of sp³-hybridized carbons (Fsp3) is 0.458. The summed E-state index contributed by atoms with van der Waals surface area (Å²) >= 11 is 0. The van der Waals surface area contributed by atoms with Crippen LogP contribution >= 0.6 is 0 Å². The summed E-state index contributed by atoms with van der Waals surface area (Å²) in [6.45, 7) is 3.85. The maximum Gasteiger partial charge on any atom is 0.228 e. The van der Waals surface area contributed by atoms with Crippen molar-refractivity contribution in [1.29, 1.82) is 0 Å². The van der Waals surface area contributed by atoms with Crippen LogP contribution < -0.4 is 5.32 Å². The third kappa shape index (κ3) is 4.34. The zero-order chi connectivity index (χ0) is 20.3. The molecule has 2 aromatic rings. The van der Waals surface area contributed by atoms with E-state index >= 15 is 0 Å². The highest BCUT2D eigenvalue weighted by atomic mass is 16.2. The molecule has 1 saturated heterocycles. The van der Waals surface area contributed by atoms with Crippen LogP contribution in [0.5, 0.6) is 0 Å². The van der Waals surface area contributed by atoms with Crippen molar-refractivity contribution in [3.63, 3.8) is 0 Å². The normalized spacial score (nSPS) is 21.6. The molecule has 2 aliphatic rings. The Morgan fingerprint density at radius 1 is 1.17 bits per heavy atom. The minimum absolute atomic E-state index is 0.0719. The predicted octanol–water partition coefficient (Wildman–Crippen LogP) is 3.45. The van der Waals surface area contributed by atoms with E-state index in [4.69, 9.17) is 0 Å². The lowest BCUT2D eigenvalue weighted by Crippen LogP contribution is -2.54. The highest BCUT2D eigenvalue weighted by molar-refractivity contribution is 5.86. The van der Waals surface area contributed by atoms with Gasteiger partial charge in [-0.1, -0.05) is 24.3 Å². The van der Waals surface area contributed by atoms with E-state index in [1.807, 2.05) is 30.0 Å². The molecule has 2 fully saturated rings. The third-order valence-electron chi connectivity index (χ3n) is 6.12. The van der Waals surface area contributed by atoms with Gasteiger partial charge in [0.05, 0.1) is 5.41 Å². The third-order valence-corrected chi connectivity index (χ3v) is 6.12. The first-order chi connectivity index (χ1) is 14.1. The first-order valence-electron chi connectivity index (χ1n) is 10.7. The van der Waals surface area contributed by atoms with Crippen LogP contribution in [-0.4, -0.2) is 41.3 Å². The number of pyridine rings is 1. The minimum Gasteiger partial charge on any atom is -0.356 e. The van der Waals surface area contributed by atoms with Gasteiger partial charge in [-0.2, -0.15) is 0 Å². The molecule has 2 amide bonds. The SMILES string of the molecule is CCNC(=O)[C@@]1(Cc2cccc(-c3ccncc3)c2)CCCN(C(=O)C2CC2)C1. The number of likely N-dealkylation sites (tertiary alicyclic amines) is 1. The molecule has 0 unspecified atom stereocenters. The molecule has 29 heavy (non-hydrogen) atoms. The maximum atomic E-state index is 13.2. The van der Waals surface area contributed by atoms with Crippen molar-refractivity contribution in [2.24, 2.45) is 11.3 Å². The Kier molecular flexibility index (Phi) is 5.65. The fourth-order valence-corrected chi connectivity index (χ4v) is 4.46. The molecule has 5 heteroatoms. The maximum absolute atomic E-state index is 13.2. The summed E-state index contributed by atoms with van der Waals surface area (Å²) in [5, 5.41) is 3.04. The minimum atomic E-state index is -0.560. The average Bonchev–Trinajstić information content (AvgIpc) is 3.60. The van der Waals surface area contributed by atoms with Crippen molar-refractivity contribution in [3.8, 4) is 11.1 Å². The summed E-state index contributed by atoms with van der Waals surface area (Å²) in [6.07, 6.45) is 7.91. The fourth-order valence-electron chi connectivity index (χ4n) is 4.46. The summed E-state index contributed by atoms with van der Waals surface area (Å²) < 4.78 is 0. The molecule has 1 aliphatic heterocycles. The summed E-state index contributed by atoms with van der Waals surface area (Å²) in [7, 11) is 0. The largest absolute Gasteiger partial charge is 0.356 e. The van der Waals surface area contributed by atoms with Crippen LogP contribution in [0.3, 0.4) is 0 Å². The van der Waals surface area contributed by atoms with Crippen molar-refractivity contribution in [3.05, 3.63) is 54.4 Å². The number of piperidine rings is 1. The second kappa shape index (κ2) is 8.36. The van der Waals surface area contributed by atoms with Gasteiger partial charge < -0.3 is 10.2 Å². The lowest BCUT2D eigenvalue weighted by Gasteiger charge is -2.42. The van der Waals surface area contributed by atoms with Crippen LogP contribution in [0.1, 0.15) is 38.2 Å². The molecule has 2 heterocycles. The number of amides is 2. The molecular formula is C24H29N3O2. The molecule has 0 bridgehead atoms. The van der Waals surface area contributed by atoms with Crippen LogP contribution in [-0.2, 0) is 16.0 Å². The Hall–Kier alpha value is -2.69. The van der Waals surface area contributed by atoms with Crippen LogP contribution in [0.4, 0.5) is 0 Å². The molecule has 152 valence electrons. The zero-order valence-electron chi connectivity index (χ0n) is 17.1. The van der Waals surface area contributed by atoms with Gasteiger partial charge in [0.2, 0.25) is 11.8 Å². The van der Waals surface area contributed by atoms with Crippen LogP contribution in [0.2, 0.25) is 0 Å². The molecule has 0 spiro atoms. The Balaban J connectivity index is 1.61. The molecular weight excluding hydrogens is 362 g/mol. The van der Waals surface area contributed by atoms with Crippen LogP contribution in [0.15, 0.2) is 48.8 Å². The van der Waals surface area contributed by atoms with E-state index in [9.17, 15) is 9.59 Å². The van der Waals surface area contributed by atoms with E-state index in [-0.39, 0.29) is 17.7 Å². The molecule has 0 radical (unpaired) electrons. The molecule has 1 aromatic heterocycles. The van der Waals surface area contributed by atoms with Crippen molar-refractivity contribution in [1.82, 2.24) is 15.2 Å². The van der Waals surface area contributed by atoms with E-state index in [0.29, 0.717) is 19.5 Å². The highest BCUT2D eigenvalue weighted by Crippen LogP contribution is 2.38. The number of benzene rings is 1. The molecule has 1 N–H and O–H groups in total. The van der Waals surface area contributed by atoms with Gasteiger partial charge in [-0.25, -0.2) is 0 Å². The number of rotatable bonds is 6. The second-order valence-corrected chi connectivity index (χ2v) is 8.39. The summed E-state index contributed by atoms with van der Waals surface area (Å²) in [4.78, 5) is 31.9. The number of nitrogens with zero attached hydrogens (tertiary/aromatic N) is 2. The van der Waals surface area contributed by atoms with Crippen molar-refractivity contribution >= 4 is 11.8 Å². The topological polar surface area (TPSA) is 62.3 Å². The summed E-state index contributed by atoms with van der Waals surface area (Å²) in [5.41, 5.74) is 2.81. The van der Waals surface area contributed by atoms with E-state index in [0.717, 1.165) is 48.9 Å². The average molecular weight is 392 g/mol. The van der Waals surface area contributed by atoms with Crippen LogP contribution in [0.25, 0.3) is 11.1 Å². The van der Waals surface area contributed by atoms with E-state index < -0.39 is 5.41 Å². The number of hydrogen-bond donors (Lipinski definition) is 1. The van der Waals surface area contributed by atoms with Crippen molar-refractivity contribution in [2.45, 2.75) is 39.0 Å². The van der Waals surface area contributed by atoms with Gasteiger partial charge >= 0.3 is 0 Å². The van der Waals surface area contributed by atoms with Gasteiger partial charge in [-0.05, 0) is 67.9 Å². The van der Waals surface area contributed by atoms with E-state index in [1.165, 1.54) is 0 Å². The van der Waals surface area contributed by atoms with Gasteiger partial charge in [0.25, 0.3) is 0 Å². The Labute approximate surface area is 172 Å². The lowest BCUT2D eigenvalue weighted by atomic mass is 9.74. The van der Waals surface area contributed by atoms with Gasteiger partial charge in [-0.3, -0.25) is 14.6 Å². The summed E-state index contributed by atoms with van der Waals surface area (Å²) in [6, 6.07) is 12.4. The van der Waals surface area contributed by atoms with Crippen molar-refractivity contribution < 1.29 is 9.59 Å². The lowest BCUT2D eigenvalue weighted by molar-refractivity contribution is -0.142. The standard InChI is InChI=1S/C24H29N3O2/c1-2-26-23(29)24(11-4-14-27(17-24)22(28)20-7-8-20)16-18-5-3-6-21(15-18)19-9-12-25-13-10-19/h3,5-6,9-10,12-13,15,20H,2,4,7-8,11,14,16-17H2,1H3,(H,26,29)/t24-/m1/s1. The first-order valence-corrected chi connectivity index (χ1v) is 10.7. The number of nitrogens with one attached hydrogen (secondary N) is 1. The Morgan fingerprint density at radius 3 is 2.69 bits per heavy atom. The van der Waals surface area contributed by atoms with Crippen molar-refractivity contribution in [2.75, 3.05) is 19.6 Å². The molecule has 1 aliphatic carbocycles. The Bertz CT molecular complexity index is 879. The number of hydrogen-bond acceptors (Lipinski definition) is 3. The Morgan fingerprint density at radius 2 is 1.97 bits per heavy atom. The number of aromatic nitrogens is 1. The molecule has 5 nitrogen and oxygen atoms in total. The van der Waals surface area contributed by atoms with E-state index in [1.54, 1.807) is 12.4 Å². The molecule has 4 rings (SSSR count). The highest BCUT2D eigenvalue weighted by Gasteiger charge is 2.45. The predicted molar refractivity (Wildman–Crippen MR) is 113 cm³/mol. The van der Waals surface area contributed by atoms with Gasteiger partial charge in [0.1, 0.15) is 0 Å². The van der Waals surface area contributed by atoms with Gasteiger partial charge in [0.15, 0.2) is 0 Å². The zero-order valence-corrected chi connectivity index (χ0v) is 17.1. The molecule has 1 aromatic carbocycles.